The Morgan fingerprint density at radius 3 is 2.67 bits per heavy atom. The second-order valence-corrected chi connectivity index (χ2v) is 3.07. The maximum Gasteiger partial charge on any atom is 0.170 e. The zero-order chi connectivity index (χ0) is 10.8. The number of carbonyl (C=O) groups excluding carboxylic acids is 1. The Bertz CT molecular complexity index is 502. The lowest BCUT2D eigenvalue weighted by Crippen LogP contribution is -1.86. The highest BCUT2D eigenvalue weighted by atomic mass is 16.5. The number of rotatable bonds is 3. The van der Waals surface area contributed by atoms with Crippen LogP contribution in [-0.2, 0) is 0 Å². The average molecular weight is 205 g/mol. The summed E-state index contributed by atoms with van der Waals surface area (Å²) in [6.45, 7) is 0. The van der Waals surface area contributed by atoms with E-state index in [9.17, 15) is 4.79 Å². The second-order valence-electron chi connectivity index (χ2n) is 3.07. The molecule has 2 rings (SSSR count). The van der Waals surface area contributed by atoms with Crippen molar-refractivity contribution in [3.05, 3.63) is 23.9 Å². The second kappa shape index (κ2) is 3.65. The van der Waals surface area contributed by atoms with E-state index in [1.807, 2.05) is 18.2 Å². The summed E-state index contributed by atoms with van der Waals surface area (Å²) in [6.07, 6.45) is 0.734. The number of hydrogen-bond acceptors (Lipinski definition) is 3. The molecule has 0 aliphatic heterocycles. The van der Waals surface area contributed by atoms with Crippen molar-refractivity contribution in [2.24, 2.45) is 0 Å². The van der Waals surface area contributed by atoms with E-state index in [0.717, 1.165) is 17.2 Å². The third kappa shape index (κ3) is 1.34. The molecule has 4 heteroatoms. The SMILES string of the molecule is COc1c(C=O)[nH]c2c(OC)cccc12. The van der Waals surface area contributed by atoms with Crippen LogP contribution in [0.25, 0.3) is 10.9 Å². The molecule has 0 fully saturated rings. The minimum absolute atomic E-state index is 0.428. The molecule has 0 saturated heterocycles. The smallest absolute Gasteiger partial charge is 0.170 e. The molecule has 1 heterocycles. The quantitative estimate of drug-likeness (QED) is 0.779. The average Bonchev–Trinajstić information content (AvgIpc) is 2.66. The first-order valence-corrected chi connectivity index (χ1v) is 4.49. The molecule has 0 radical (unpaired) electrons. The van der Waals surface area contributed by atoms with Gasteiger partial charge in [0, 0.05) is 5.39 Å². The summed E-state index contributed by atoms with van der Waals surface area (Å²) in [7, 11) is 3.12. The number of aromatic nitrogens is 1. The molecule has 15 heavy (non-hydrogen) atoms. The van der Waals surface area contributed by atoms with Crippen LogP contribution in [0.2, 0.25) is 0 Å². The molecule has 0 unspecified atom stereocenters. The fraction of sp³-hybridized carbons (Fsp3) is 0.182. The van der Waals surface area contributed by atoms with Crippen molar-refractivity contribution in [3.63, 3.8) is 0 Å². The van der Waals surface area contributed by atoms with E-state index in [2.05, 4.69) is 4.98 Å². The number of nitrogens with one attached hydrogen (secondary N) is 1. The maximum atomic E-state index is 10.8. The predicted octanol–water partition coefficient (Wildman–Crippen LogP) is 2.00. The molecule has 0 amide bonds. The maximum absolute atomic E-state index is 10.8. The van der Waals surface area contributed by atoms with Gasteiger partial charge in [-0.05, 0) is 12.1 Å². The lowest BCUT2D eigenvalue weighted by atomic mass is 10.2. The summed E-state index contributed by atoms with van der Waals surface area (Å²) in [5.41, 5.74) is 1.20. The Kier molecular flexibility index (Phi) is 2.33. The summed E-state index contributed by atoms with van der Waals surface area (Å²) >= 11 is 0. The van der Waals surface area contributed by atoms with Crippen LogP contribution in [0.4, 0.5) is 0 Å². The highest BCUT2D eigenvalue weighted by Crippen LogP contribution is 2.33. The van der Waals surface area contributed by atoms with E-state index < -0.39 is 0 Å². The van der Waals surface area contributed by atoms with Gasteiger partial charge in [-0.25, -0.2) is 0 Å². The highest BCUT2D eigenvalue weighted by molar-refractivity contribution is 5.98. The van der Waals surface area contributed by atoms with Crippen LogP contribution in [0.5, 0.6) is 11.5 Å². The van der Waals surface area contributed by atoms with Crippen LogP contribution < -0.4 is 9.47 Å². The molecule has 78 valence electrons. The van der Waals surface area contributed by atoms with E-state index in [1.54, 1.807) is 7.11 Å². The Hall–Kier alpha value is -1.97. The van der Waals surface area contributed by atoms with Gasteiger partial charge in [-0.1, -0.05) is 6.07 Å². The number of ether oxygens (including phenoxy) is 2. The van der Waals surface area contributed by atoms with Crippen molar-refractivity contribution in [1.82, 2.24) is 4.98 Å². The fourth-order valence-corrected chi connectivity index (χ4v) is 1.66. The molecule has 4 nitrogen and oxygen atoms in total. The lowest BCUT2D eigenvalue weighted by molar-refractivity contribution is 0.111. The van der Waals surface area contributed by atoms with Gasteiger partial charge in [0.25, 0.3) is 0 Å². The molecule has 1 N–H and O–H groups in total. The number of fused-ring (bicyclic) bond motifs is 1. The standard InChI is InChI=1S/C11H11NO3/c1-14-9-5-3-4-7-10(9)12-8(6-13)11(7)15-2/h3-6,12H,1-2H3. The van der Waals surface area contributed by atoms with Crippen molar-refractivity contribution in [3.8, 4) is 11.5 Å². The third-order valence-electron chi connectivity index (χ3n) is 2.32. The van der Waals surface area contributed by atoms with Gasteiger partial charge in [-0.2, -0.15) is 0 Å². The molecule has 0 aliphatic carbocycles. The predicted molar refractivity (Wildman–Crippen MR) is 56.8 cm³/mol. The van der Waals surface area contributed by atoms with E-state index in [0.29, 0.717) is 17.2 Å². The van der Waals surface area contributed by atoms with Gasteiger partial charge in [0.05, 0.1) is 19.7 Å². The van der Waals surface area contributed by atoms with Gasteiger partial charge in [-0.3, -0.25) is 4.79 Å². The van der Waals surface area contributed by atoms with Crippen LogP contribution in [0.1, 0.15) is 10.5 Å². The summed E-state index contributed by atoms with van der Waals surface area (Å²) in [5, 5.41) is 0.846. The van der Waals surface area contributed by atoms with Gasteiger partial charge in [0.15, 0.2) is 12.0 Å². The molecule has 0 atom stereocenters. The Morgan fingerprint density at radius 1 is 1.27 bits per heavy atom. The van der Waals surface area contributed by atoms with Gasteiger partial charge in [0.1, 0.15) is 11.4 Å². The minimum Gasteiger partial charge on any atom is -0.495 e. The van der Waals surface area contributed by atoms with Crippen molar-refractivity contribution in [2.45, 2.75) is 0 Å². The first kappa shape index (κ1) is 9.58. The number of aromatic amines is 1. The lowest BCUT2D eigenvalue weighted by Gasteiger charge is -2.00. The Morgan fingerprint density at radius 2 is 2.07 bits per heavy atom. The minimum atomic E-state index is 0.428. The van der Waals surface area contributed by atoms with Crippen molar-refractivity contribution < 1.29 is 14.3 Å². The summed E-state index contributed by atoms with van der Waals surface area (Å²) in [4.78, 5) is 13.8. The summed E-state index contributed by atoms with van der Waals surface area (Å²) < 4.78 is 10.4. The van der Waals surface area contributed by atoms with Crippen LogP contribution >= 0.6 is 0 Å². The molecular weight excluding hydrogens is 194 g/mol. The van der Waals surface area contributed by atoms with Gasteiger partial charge < -0.3 is 14.5 Å². The van der Waals surface area contributed by atoms with Gasteiger partial charge in [-0.15, -0.1) is 0 Å². The van der Waals surface area contributed by atoms with Gasteiger partial charge >= 0.3 is 0 Å². The summed E-state index contributed by atoms with van der Waals surface area (Å²) in [5.74, 6) is 1.25. The van der Waals surface area contributed by atoms with E-state index in [4.69, 9.17) is 9.47 Å². The fourth-order valence-electron chi connectivity index (χ4n) is 1.66. The zero-order valence-electron chi connectivity index (χ0n) is 8.53. The normalized spacial score (nSPS) is 10.3. The molecule has 2 aromatic rings. The topological polar surface area (TPSA) is 51.3 Å². The Balaban J connectivity index is 2.80. The van der Waals surface area contributed by atoms with Crippen molar-refractivity contribution in [2.75, 3.05) is 14.2 Å². The number of carbonyl (C=O) groups is 1. The van der Waals surface area contributed by atoms with E-state index in [-0.39, 0.29) is 0 Å². The van der Waals surface area contributed by atoms with Crippen LogP contribution in [-0.4, -0.2) is 25.5 Å². The van der Waals surface area contributed by atoms with Crippen LogP contribution in [0.3, 0.4) is 0 Å². The largest absolute Gasteiger partial charge is 0.495 e. The molecular formula is C11H11NO3. The highest BCUT2D eigenvalue weighted by Gasteiger charge is 2.13. The monoisotopic (exact) mass is 205 g/mol. The molecule has 0 aliphatic rings. The van der Waals surface area contributed by atoms with Crippen LogP contribution in [0.15, 0.2) is 18.2 Å². The summed E-state index contributed by atoms with van der Waals surface area (Å²) in [6, 6.07) is 5.55. The third-order valence-corrected chi connectivity index (χ3v) is 2.32. The Labute approximate surface area is 86.8 Å². The number of para-hydroxylation sites is 1. The van der Waals surface area contributed by atoms with Crippen molar-refractivity contribution >= 4 is 17.2 Å². The number of aldehydes is 1. The molecule has 0 bridgehead atoms. The first-order chi connectivity index (χ1) is 7.31. The molecule has 0 spiro atoms. The number of methoxy groups -OCH3 is 2. The number of H-pyrrole nitrogens is 1. The van der Waals surface area contributed by atoms with E-state index >= 15 is 0 Å². The molecule has 0 saturated carbocycles. The van der Waals surface area contributed by atoms with Crippen LogP contribution in [0, 0.1) is 0 Å². The zero-order valence-corrected chi connectivity index (χ0v) is 8.53. The molecule has 1 aromatic heterocycles. The number of benzene rings is 1. The molecule has 1 aromatic carbocycles. The van der Waals surface area contributed by atoms with Gasteiger partial charge in [0.2, 0.25) is 0 Å². The van der Waals surface area contributed by atoms with E-state index in [1.165, 1.54) is 7.11 Å². The van der Waals surface area contributed by atoms with Crippen molar-refractivity contribution in [1.29, 1.82) is 0 Å². The number of hydrogen-bond donors (Lipinski definition) is 1. The first-order valence-electron chi connectivity index (χ1n) is 4.49.